The molecule has 1 aromatic carbocycles. The Morgan fingerprint density at radius 2 is 1.79 bits per heavy atom. The van der Waals surface area contributed by atoms with E-state index >= 15 is 4.39 Å². The molecule has 33 heavy (non-hydrogen) atoms. The Morgan fingerprint density at radius 1 is 1.06 bits per heavy atom. The minimum Gasteiger partial charge on any atom is -0.481 e. The van der Waals surface area contributed by atoms with Crippen molar-refractivity contribution in [3.63, 3.8) is 0 Å². The number of aromatic nitrogens is 1. The molecule has 0 amide bonds. The number of nitrogens with zero attached hydrogens (tertiary/aromatic N) is 3. The van der Waals surface area contributed by atoms with E-state index in [-0.39, 0.29) is 23.6 Å². The first-order chi connectivity index (χ1) is 15.8. The van der Waals surface area contributed by atoms with E-state index in [1.165, 1.54) is 12.3 Å². The van der Waals surface area contributed by atoms with Crippen LogP contribution in [0.3, 0.4) is 0 Å². The average molecular weight is 461 g/mol. The second-order valence-corrected chi connectivity index (χ2v) is 8.68. The van der Waals surface area contributed by atoms with Gasteiger partial charge in [-0.05, 0) is 44.4 Å². The fourth-order valence-corrected chi connectivity index (χ4v) is 4.40. The highest BCUT2D eigenvalue weighted by Crippen LogP contribution is 2.39. The van der Waals surface area contributed by atoms with Crippen LogP contribution < -0.4 is 15.1 Å². The van der Waals surface area contributed by atoms with Crippen LogP contribution in [0.5, 0.6) is 5.75 Å². The number of carboxylic acid groups (broad SMARTS) is 2. The number of unbranched alkanes of at least 4 members (excludes halogenated alkanes) is 2. The molecule has 2 heterocycles. The van der Waals surface area contributed by atoms with Gasteiger partial charge in [0.2, 0.25) is 5.43 Å². The molecule has 10 heteroatoms. The smallest absolute Gasteiger partial charge is 0.481 e. The molecule has 1 aliphatic carbocycles. The third-order valence-corrected chi connectivity index (χ3v) is 6.28. The number of benzene rings is 1. The third-order valence-electron chi connectivity index (χ3n) is 6.28. The Bertz CT molecular complexity index is 1110. The number of carboxylic acids is 1. The zero-order valence-corrected chi connectivity index (χ0v) is 18.3. The molecule has 178 valence electrons. The highest BCUT2D eigenvalue weighted by molar-refractivity contribution is 5.85. The van der Waals surface area contributed by atoms with Crippen molar-refractivity contribution < 1.29 is 28.9 Å². The molecule has 0 spiro atoms. The first kappa shape index (κ1) is 23.0. The van der Waals surface area contributed by atoms with Gasteiger partial charge >= 0.3 is 12.1 Å². The largest absolute Gasteiger partial charge is 0.511 e. The lowest BCUT2D eigenvalue weighted by atomic mass is 10.1. The van der Waals surface area contributed by atoms with E-state index in [0.29, 0.717) is 30.7 Å². The number of rotatable bonds is 9. The number of fused-ring (bicyclic) bond motifs is 1. The second-order valence-electron chi connectivity index (χ2n) is 8.68. The molecular formula is C23H28FN3O6. The van der Waals surface area contributed by atoms with Crippen molar-refractivity contribution in [1.82, 2.24) is 9.47 Å². The molecule has 1 saturated carbocycles. The number of aliphatic carboxylic acids is 1. The predicted octanol–water partition coefficient (Wildman–Crippen LogP) is 3.30. The van der Waals surface area contributed by atoms with E-state index in [1.807, 2.05) is 9.47 Å². The van der Waals surface area contributed by atoms with Crippen LogP contribution in [0.2, 0.25) is 0 Å². The minimum atomic E-state index is -1.58. The zero-order valence-electron chi connectivity index (χ0n) is 18.3. The van der Waals surface area contributed by atoms with Crippen LogP contribution in [0, 0.1) is 5.82 Å². The van der Waals surface area contributed by atoms with Crippen molar-refractivity contribution in [2.45, 2.75) is 44.6 Å². The molecule has 1 aliphatic heterocycles. The predicted molar refractivity (Wildman–Crippen MR) is 120 cm³/mol. The van der Waals surface area contributed by atoms with Gasteiger partial charge in [0.15, 0.2) is 5.75 Å². The summed E-state index contributed by atoms with van der Waals surface area (Å²) in [7, 11) is 0. The van der Waals surface area contributed by atoms with Crippen LogP contribution in [-0.4, -0.2) is 64.5 Å². The van der Waals surface area contributed by atoms with Gasteiger partial charge in [0.25, 0.3) is 0 Å². The maximum atomic E-state index is 15.1. The molecule has 4 rings (SSSR count). The van der Waals surface area contributed by atoms with Crippen LogP contribution in [-0.2, 0) is 4.79 Å². The van der Waals surface area contributed by atoms with E-state index in [9.17, 15) is 14.4 Å². The van der Waals surface area contributed by atoms with E-state index < -0.39 is 23.4 Å². The summed E-state index contributed by atoms with van der Waals surface area (Å²) in [5.41, 5.74) is 0.379. The van der Waals surface area contributed by atoms with Gasteiger partial charge in [0, 0.05) is 38.6 Å². The molecule has 1 aromatic heterocycles. The molecular weight excluding hydrogens is 433 g/mol. The Morgan fingerprint density at radius 3 is 2.42 bits per heavy atom. The Hall–Kier alpha value is -3.14. The van der Waals surface area contributed by atoms with Crippen molar-refractivity contribution in [1.29, 1.82) is 0 Å². The van der Waals surface area contributed by atoms with E-state index in [0.717, 1.165) is 45.3 Å². The summed E-state index contributed by atoms with van der Waals surface area (Å²) in [5, 5.41) is 17.7. The van der Waals surface area contributed by atoms with Crippen LogP contribution in [0.1, 0.15) is 44.6 Å². The number of ether oxygens (including phenoxy) is 1. The average Bonchev–Trinajstić information content (AvgIpc) is 3.61. The quantitative estimate of drug-likeness (QED) is 0.432. The molecule has 1 saturated heterocycles. The third kappa shape index (κ3) is 5.44. The summed E-state index contributed by atoms with van der Waals surface area (Å²) in [6, 6.07) is 3.02. The van der Waals surface area contributed by atoms with Crippen LogP contribution in [0.15, 0.2) is 23.1 Å². The molecule has 2 aromatic rings. The molecule has 9 nitrogen and oxygen atoms in total. The lowest BCUT2D eigenvalue weighted by molar-refractivity contribution is -0.137. The zero-order chi connectivity index (χ0) is 23.5. The van der Waals surface area contributed by atoms with Crippen LogP contribution in [0.25, 0.3) is 10.9 Å². The molecule has 2 fully saturated rings. The minimum absolute atomic E-state index is 0.113. The Labute approximate surface area is 190 Å². The summed E-state index contributed by atoms with van der Waals surface area (Å²) in [6.07, 6.45) is 4.34. The fourth-order valence-electron chi connectivity index (χ4n) is 4.40. The van der Waals surface area contributed by atoms with E-state index in [2.05, 4.69) is 9.64 Å². The number of pyridine rings is 1. The van der Waals surface area contributed by atoms with Crippen molar-refractivity contribution in [3.8, 4) is 5.75 Å². The number of piperazine rings is 1. The maximum Gasteiger partial charge on any atom is 0.511 e. The standard InChI is InChI=1S/C23H28FN3O6/c24-17-12-16-18(27(15-5-6-15)14-20(22(16)30)33-23(31)32)13-19(17)26-10-8-25(9-11-26)7-3-1-2-4-21(28)29/h12-15H,1-11H2,(H,28,29)(H,31,32). The lowest BCUT2D eigenvalue weighted by Gasteiger charge is -2.36. The Balaban J connectivity index is 1.48. The summed E-state index contributed by atoms with van der Waals surface area (Å²) in [6.45, 7) is 3.73. The van der Waals surface area contributed by atoms with Crippen LogP contribution >= 0.6 is 0 Å². The summed E-state index contributed by atoms with van der Waals surface area (Å²) in [5.74, 6) is -1.60. The SMILES string of the molecule is O=C(O)CCCCCN1CCN(c2cc3c(cc2F)c(=O)c(OC(=O)O)cn3C2CC2)CC1. The van der Waals surface area contributed by atoms with Gasteiger partial charge in [-0.15, -0.1) is 0 Å². The van der Waals surface area contributed by atoms with Gasteiger partial charge in [0.05, 0.1) is 22.8 Å². The van der Waals surface area contributed by atoms with Gasteiger partial charge in [0.1, 0.15) is 5.82 Å². The summed E-state index contributed by atoms with van der Waals surface area (Å²) >= 11 is 0. The molecule has 0 radical (unpaired) electrons. The van der Waals surface area contributed by atoms with Gasteiger partial charge < -0.3 is 24.4 Å². The Kier molecular flexibility index (Phi) is 6.83. The van der Waals surface area contributed by atoms with Gasteiger partial charge in [-0.1, -0.05) is 6.42 Å². The van der Waals surface area contributed by atoms with Gasteiger partial charge in [-0.2, -0.15) is 0 Å². The van der Waals surface area contributed by atoms with E-state index in [4.69, 9.17) is 10.2 Å². The lowest BCUT2D eigenvalue weighted by Crippen LogP contribution is -2.47. The number of hydrogen-bond acceptors (Lipinski definition) is 6. The molecule has 0 atom stereocenters. The maximum absolute atomic E-state index is 15.1. The van der Waals surface area contributed by atoms with Crippen molar-refractivity contribution in [2.24, 2.45) is 0 Å². The van der Waals surface area contributed by atoms with Crippen LogP contribution in [0.4, 0.5) is 14.9 Å². The van der Waals surface area contributed by atoms with Crippen molar-refractivity contribution >= 4 is 28.7 Å². The summed E-state index contributed by atoms with van der Waals surface area (Å²) in [4.78, 5) is 38.5. The molecule has 0 bridgehead atoms. The second kappa shape index (κ2) is 9.78. The topological polar surface area (TPSA) is 112 Å². The number of hydrogen-bond donors (Lipinski definition) is 2. The first-order valence-corrected chi connectivity index (χ1v) is 11.3. The molecule has 2 N–H and O–H groups in total. The number of anilines is 1. The van der Waals surface area contributed by atoms with Crippen molar-refractivity contribution in [2.75, 3.05) is 37.6 Å². The van der Waals surface area contributed by atoms with E-state index in [1.54, 1.807) is 6.07 Å². The monoisotopic (exact) mass is 461 g/mol. The first-order valence-electron chi connectivity index (χ1n) is 11.3. The summed E-state index contributed by atoms with van der Waals surface area (Å²) < 4.78 is 21.5. The van der Waals surface area contributed by atoms with Gasteiger partial charge in [-0.3, -0.25) is 14.5 Å². The fraction of sp³-hybridized carbons (Fsp3) is 0.522. The van der Waals surface area contributed by atoms with Crippen molar-refractivity contribution in [3.05, 3.63) is 34.4 Å². The molecule has 0 unspecified atom stereocenters. The molecule has 2 aliphatic rings. The highest BCUT2D eigenvalue weighted by Gasteiger charge is 2.28. The number of halogens is 1. The van der Waals surface area contributed by atoms with Gasteiger partial charge in [-0.25, -0.2) is 9.18 Å². The normalized spacial score (nSPS) is 16.8. The highest BCUT2D eigenvalue weighted by atomic mass is 19.1. The number of carbonyl (C=O) groups is 2.